The summed E-state index contributed by atoms with van der Waals surface area (Å²) in [5, 5.41) is 7.27. The summed E-state index contributed by atoms with van der Waals surface area (Å²) in [6, 6.07) is 8.04. The van der Waals surface area contributed by atoms with Gasteiger partial charge < -0.3 is 9.84 Å². The molecule has 0 saturated carbocycles. The molecule has 2 amide bonds. The molecule has 1 aliphatic rings. The van der Waals surface area contributed by atoms with Crippen LogP contribution in [0.3, 0.4) is 0 Å². The first kappa shape index (κ1) is 18.5. The van der Waals surface area contributed by atoms with E-state index in [9.17, 15) is 9.59 Å². The van der Waals surface area contributed by atoms with Gasteiger partial charge in [0.05, 0.1) is 0 Å². The SMILES string of the molecule is CC(C)(C)c1cc(NC(=O)[C@@H]2CCCC(=O)N2c2ccc(Cl)cc2)no1. The van der Waals surface area contributed by atoms with Gasteiger partial charge in [0.25, 0.3) is 0 Å². The lowest BCUT2D eigenvalue weighted by Gasteiger charge is -2.34. The fourth-order valence-electron chi connectivity index (χ4n) is 2.94. The van der Waals surface area contributed by atoms with Gasteiger partial charge in [-0.2, -0.15) is 0 Å². The molecule has 0 unspecified atom stereocenters. The quantitative estimate of drug-likeness (QED) is 0.874. The van der Waals surface area contributed by atoms with E-state index in [4.69, 9.17) is 16.1 Å². The number of rotatable bonds is 3. The smallest absolute Gasteiger partial charge is 0.248 e. The van der Waals surface area contributed by atoms with Crippen molar-refractivity contribution in [1.29, 1.82) is 0 Å². The average Bonchev–Trinajstić information content (AvgIpc) is 3.04. The fourth-order valence-corrected chi connectivity index (χ4v) is 3.07. The maximum Gasteiger partial charge on any atom is 0.248 e. The van der Waals surface area contributed by atoms with Crippen LogP contribution in [0, 0.1) is 0 Å². The second kappa shape index (κ2) is 7.11. The first-order valence-electron chi connectivity index (χ1n) is 8.61. The van der Waals surface area contributed by atoms with Crippen molar-refractivity contribution in [3.8, 4) is 0 Å². The molecule has 1 N–H and O–H groups in total. The monoisotopic (exact) mass is 375 g/mol. The highest BCUT2D eigenvalue weighted by molar-refractivity contribution is 6.30. The van der Waals surface area contributed by atoms with E-state index in [0.717, 1.165) is 0 Å². The summed E-state index contributed by atoms with van der Waals surface area (Å²) in [5.41, 5.74) is 0.460. The normalized spacial score (nSPS) is 18.1. The molecule has 1 aliphatic heterocycles. The molecule has 0 radical (unpaired) electrons. The molecule has 1 atom stereocenters. The number of carbonyl (C=O) groups is 2. The van der Waals surface area contributed by atoms with Gasteiger partial charge >= 0.3 is 0 Å². The topological polar surface area (TPSA) is 75.4 Å². The van der Waals surface area contributed by atoms with Crippen molar-refractivity contribution in [2.45, 2.75) is 51.5 Å². The maximum atomic E-state index is 12.8. The first-order valence-corrected chi connectivity index (χ1v) is 8.99. The number of carbonyl (C=O) groups excluding carboxylic acids is 2. The molecule has 2 heterocycles. The minimum atomic E-state index is -0.591. The molecule has 1 saturated heterocycles. The van der Waals surface area contributed by atoms with E-state index in [-0.39, 0.29) is 17.2 Å². The Balaban J connectivity index is 1.80. The van der Waals surface area contributed by atoms with Crippen molar-refractivity contribution in [1.82, 2.24) is 5.16 Å². The lowest BCUT2D eigenvalue weighted by Crippen LogP contribution is -2.50. The van der Waals surface area contributed by atoms with E-state index < -0.39 is 6.04 Å². The van der Waals surface area contributed by atoms with Gasteiger partial charge in [-0.15, -0.1) is 0 Å². The molecular formula is C19H22ClN3O3. The zero-order chi connectivity index (χ0) is 18.9. The van der Waals surface area contributed by atoms with E-state index in [1.54, 1.807) is 35.2 Å². The Hall–Kier alpha value is -2.34. The highest BCUT2D eigenvalue weighted by atomic mass is 35.5. The minimum absolute atomic E-state index is 0.0748. The van der Waals surface area contributed by atoms with Crippen molar-refractivity contribution in [3.05, 3.63) is 41.1 Å². The molecule has 1 aromatic carbocycles. The summed E-state index contributed by atoms with van der Waals surface area (Å²) < 4.78 is 5.30. The van der Waals surface area contributed by atoms with Crippen LogP contribution in [-0.2, 0) is 15.0 Å². The zero-order valence-electron chi connectivity index (χ0n) is 15.1. The number of benzene rings is 1. The van der Waals surface area contributed by atoms with E-state index in [0.29, 0.717) is 41.6 Å². The van der Waals surface area contributed by atoms with Crippen LogP contribution >= 0.6 is 11.6 Å². The number of hydrogen-bond acceptors (Lipinski definition) is 4. The van der Waals surface area contributed by atoms with E-state index in [1.807, 2.05) is 20.8 Å². The minimum Gasteiger partial charge on any atom is -0.359 e. The van der Waals surface area contributed by atoms with Crippen molar-refractivity contribution >= 4 is 34.9 Å². The van der Waals surface area contributed by atoms with Gasteiger partial charge in [-0.25, -0.2) is 0 Å². The fraction of sp³-hybridized carbons (Fsp3) is 0.421. The van der Waals surface area contributed by atoms with Crippen molar-refractivity contribution < 1.29 is 14.1 Å². The number of halogens is 1. The Kier molecular flexibility index (Phi) is 5.05. The molecule has 26 heavy (non-hydrogen) atoms. The predicted molar refractivity (Wildman–Crippen MR) is 100 cm³/mol. The number of anilines is 2. The van der Waals surface area contributed by atoms with Crippen LogP contribution in [0.5, 0.6) is 0 Å². The van der Waals surface area contributed by atoms with Crippen LogP contribution in [-0.4, -0.2) is 23.0 Å². The molecule has 0 aliphatic carbocycles. The number of amides is 2. The molecule has 3 rings (SSSR count). The summed E-state index contributed by atoms with van der Waals surface area (Å²) >= 11 is 5.93. The Labute approximate surface area is 157 Å². The van der Waals surface area contributed by atoms with Crippen molar-refractivity contribution in [3.63, 3.8) is 0 Å². The summed E-state index contributed by atoms with van der Waals surface area (Å²) in [5.74, 6) is 0.687. The van der Waals surface area contributed by atoms with Gasteiger partial charge in [-0.05, 0) is 37.1 Å². The van der Waals surface area contributed by atoms with Gasteiger partial charge in [-0.3, -0.25) is 14.5 Å². The number of nitrogens with zero attached hydrogens (tertiary/aromatic N) is 2. The second-order valence-electron chi connectivity index (χ2n) is 7.46. The Morgan fingerprint density at radius 2 is 2.00 bits per heavy atom. The van der Waals surface area contributed by atoms with Gasteiger partial charge in [0, 0.05) is 28.6 Å². The van der Waals surface area contributed by atoms with Crippen LogP contribution in [0.4, 0.5) is 11.5 Å². The standard InChI is InChI=1S/C19H22ClN3O3/c1-19(2,3)15-11-16(22-26-15)21-18(25)14-5-4-6-17(24)23(14)13-9-7-12(20)8-10-13/h7-11,14H,4-6H2,1-3H3,(H,21,22,25)/t14-/m0/s1. The first-order chi connectivity index (χ1) is 12.3. The van der Waals surface area contributed by atoms with Crippen LogP contribution in [0.1, 0.15) is 45.8 Å². The molecular weight excluding hydrogens is 354 g/mol. The maximum absolute atomic E-state index is 12.8. The summed E-state index contributed by atoms with van der Waals surface area (Å²) in [6.45, 7) is 6.00. The Bertz CT molecular complexity index is 808. The zero-order valence-corrected chi connectivity index (χ0v) is 15.8. The van der Waals surface area contributed by atoms with E-state index in [2.05, 4.69) is 10.5 Å². The van der Waals surface area contributed by atoms with Gasteiger partial charge in [0.15, 0.2) is 5.82 Å². The van der Waals surface area contributed by atoms with Crippen LogP contribution < -0.4 is 10.2 Å². The summed E-state index contributed by atoms with van der Waals surface area (Å²) in [7, 11) is 0. The van der Waals surface area contributed by atoms with Crippen LogP contribution in [0.25, 0.3) is 0 Å². The predicted octanol–water partition coefficient (Wildman–Crippen LogP) is 4.15. The van der Waals surface area contributed by atoms with Gasteiger partial charge in [-0.1, -0.05) is 37.5 Å². The summed E-state index contributed by atoms with van der Waals surface area (Å²) in [6.07, 6.45) is 1.68. The third-order valence-corrected chi connectivity index (χ3v) is 4.61. The largest absolute Gasteiger partial charge is 0.359 e. The average molecular weight is 376 g/mol. The highest BCUT2D eigenvalue weighted by Gasteiger charge is 2.35. The highest BCUT2D eigenvalue weighted by Crippen LogP contribution is 2.29. The Morgan fingerprint density at radius 1 is 1.31 bits per heavy atom. The molecule has 138 valence electrons. The molecule has 1 aromatic heterocycles. The molecule has 1 fully saturated rings. The lowest BCUT2D eigenvalue weighted by atomic mass is 9.93. The molecule has 0 spiro atoms. The Morgan fingerprint density at radius 3 is 2.62 bits per heavy atom. The third-order valence-electron chi connectivity index (χ3n) is 4.36. The summed E-state index contributed by atoms with van der Waals surface area (Å²) in [4.78, 5) is 26.8. The number of aromatic nitrogens is 1. The molecule has 2 aromatic rings. The van der Waals surface area contributed by atoms with Crippen molar-refractivity contribution in [2.24, 2.45) is 0 Å². The lowest BCUT2D eigenvalue weighted by molar-refractivity contribution is -0.125. The number of piperidine rings is 1. The molecule has 7 heteroatoms. The van der Waals surface area contributed by atoms with Gasteiger partial charge in [0.1, 0.15) is 11.8 Å². The third kappa shape index (κ3) is 3.90. The number of nitrogens with one attached hydrogen (secondary N) is 1. The van der Waals surface area contributed by atoms with Gasteiger partial charge in [0.2, 0.25) is 11.8 Å². The van der Waals surface area contributed by atoms with E-state index >= 15 is 0 Å². The number of hydrogen-bond donors (Lipinski definition) is 1. The second-order valence-corrected chi connectivity index (χ2v) is 7.90. The van der Waals surface area contributed by atoms with Crippen molar-refractivity contribution in [2.75, 3.05) is 10.2 Å². The van der Waals surface area contributed by atoms with E-state index in [1.165, 1.54) is 0 Å². The van der Waals surface area contributed by atoms with Crippen LogP contribution in [0.15, 0.2) is 34.9 Å². The molecule has 0 bridgehead atoms. The molecule has 6 nitrogen and oxygen atoms in total. The van der Waals surface area contributed by atoms with Crippen LogP contribution in [0.2, 0.25) is 5.02 Å².